The number of hydrogen-bond acceptors (Lipinski definition) is 5. The molecule has 0 aromatic carbocycles. The topological polar surface area (TPSA) is 127 Å². The fourth-order valence-electron chi connectivity index (χ4n) is 3.88. The molecule has 0 unspecified atom stereocenters. The number of nitrogens with zero attached hydrogens (tertiary/aromatic N) is 2. The van der Waals surface area contributed by atoms with Crippen molar-refractivity contribution < 1.29 is 21.6 Å². The zero-order valence-corrected chi connectivity index (χ0v) is 16.6. The van der Waals surface area contributed by atoms with Gasteiger partial charge in [-0.1, -0.05) is 6.92 Å². The van der Waals surface area contributed by atoms with Gasteiger partial charge in [-0.2, -0.15) is 13.2 Å². The standard InChI is InChI=1S/C17H23F3N6O2S/c1-10-7-11(25-29(27,28)6-2-4-17(18,19)20)8-12(10)15(22)26-13-3-5-23-16(13)24-9-14(26)21/h3,5,9-12,21-23,25H,2,4,6-8H2,1H3/t10-,11+,12+/m1/s1. The van der Waals surface area contributed by atoms with Crippen LogP contribution < -0.4 is 10.2 Å². The lowest BCUT2D eigenvalue weighted by Crippen LogP contribution is -2.36. The fourth-order valence-corrected chi connectivity index (χ4v) is 5.22. The zero-order valence-electron chi connectivity index (χ0n) is 15.8. The molecular weight excluding hydrogens is 409 g/mol. The van der Waals surface area contributed by atoms with Crippen molar-refractivity contribution in [3.05, 3.63) is 23.9 Å². The van der Waals surface area contributed by atoms with Crippen LogP contribution in [0.3, 0.4) is 0 Å². The molecule has 2 aromatic heterocycles. The molecule has 0 aliphatic heterocycles. The van der Waals surface area contributed by atoms with Crippen LogP contribution in [0.15, 0.2) is 18.5 Å². The summed E-state index contributed by atoms with van der Waals surface area (Å²) in [6, 6.07) is 1.26. The van der Waals surface area contributed by atoms with E-state index in [0.717, 1.165) is 0 Å². The van der Waals surface area contributed by atoms with Crippen LogP contribution in [0.1, 0.15) is 32.6 Å². The molecule has 4 N–H and O–H groups in total. The Bertz CT molecular complexity index is 1060. The van der Waals surface area contributed by atoms with Crippen molar-refractivity contribution in [3.63, 3.8) is 0 Å². The third kappa shape index (κ3) is 5.04. The minimum absolute atomic E-state index is 0.0283. The predicted octanol–water partition coefficient (Wildman–Crippen LogP) is 2.35. The summed E-state index contributed by atoms with van der Waals surface area (Å²) in [7, 11) is -3.84. The van der Waals surface area contributed by atoms with E-state index >= 15 is 0 Å². The second kappa shape index (κ2) is 7.90. The summed E-state index contributed by atoms with van der Waals surface area (Å²) in [5.41, 5.74) is 1.18. The molecule has 3 rings (SSSR count). The Labute approximate surface area is 165 Å². The molecule has 0 radical (unpaired) electrons. The lowest BCUT2D eigenvalue weighted by Gasteiger charge is -2.19. The molecule has 1 saturated carbocycles. The van der Waals surface area contributed by atoms with Crippen molar-refractivity contribution >= 4 is 27.0 Å². The van der Waals surface area contributed by atoms with Crippen LogP contribution in [0, 0.1) is 22.7 Å². The molecule has 0 bridgehead atoms. The van der Waals surface area contributed by atoms with E-state index in [4.69, 9.17) is 10.8 Å². The van der Waals surface area contributed by atoms with E-state index in [1.807, 2.05) is 6.92 Å². The Hall–Kier alpha value is -2.21. The highest BCUT2D eigenvalue weighted by molar-refractivity contribution is 7.89. The van der Waals surface area contributed by atoms with Crippen LogP contribution in [0.4, 0.5) is 13.2 Å². The van der Waals surface area contributed by atoms with Gasteiger partial charge in [-0.05, 0) is 31.2 Å². The van der Waals surface area contributed by atoms with Crippen LogP contribution in [0.2, 0.25) is 0 Å². The summed E-state index contributed by atoms with van der Waals surface area (Å²) < 4.78 is 65.0. The van der Waals surface area contributed by atoms with Gasteiger partial charge in [-0.3, -0.25) is 15.4 Å². The first-order valence-corrected chi connectivity index (χ1v) is 10.9. The number of nitrogens with one attached hydrogen (secondary N) is 4. The Morgan fingerprint density at radius 3 is 2.83 bits per heavy atom. The van der Waals surface area contributed by atoms with Crippen molar-refractivity contribution in [1.29, 1.82) is 10.8 Å². The fraction of sp³-hybridized carbons (Fsp3) is 0.588. The summed E-state index contributed by atoms with van der Waals surface area (Å²) in [6.07, 6.45) is -2.18. The lowest BCUT2D eigenvalue weighted by atomic mass is 9.96. The summed E-state index contributed by atoms with van der Waals surface area (Å²) in [6.45, 7) is 1.90. The lowest BCUT2D eigenvalue weighted by molar-refractivity contribution is -0.134. The molecule has 0 spiro atoms. The van der Waals surface area contributed by atoms with Crippen LogP contribution >= 0.6 is 0 Å². The number of alkyl halides is 3. The first kappa shape index (κ1) is 21.5. The highest BCUT2D eigenvalue weighted by atomic mass is 32.2. The summed E-state index contributed by atoms with van der Waals surface area (Å²) in [5.74, 6) is -0.736. The summed E-state index contributed by atoms with van der Waals surface area (Å²) in [5, 5.41) is 16.7. The Morgan fingerprint density at radius 1 is 1.41 bits per heavy atom. The number of halogens is 3. The molecule has 12 heteroatoms. The molecule has 1 fully saturated rings. The third-order valence-corrected chi connectivity index (χ3v) is 6.71. The number of sulfonamides is 1. The van der Waals surface area contributed by atoms with Gasteiger partial charge in [0.25, 0.3) is 0 Å². The van der Waals surface area contributed by atoms with Gasteiger partial charge in [-0.15, -0.1) is 0 Å². The molecule has 29 heavy (non-hydrogen) atoms. The molecule has 1 aliphatic rings. The average Bonchev–Trinajstić information content (AvgIpc) is 3.18. The maximum absolute atomic E-state index is 12.2. The molecule has 2 heterocycles. The van der Waals surface area contributed by atoms with Crippen molar-refractivity contribution in [2.45, 2.75) is 44.8 Å². The molecule has 160 valence electrons. The number of rotatable bonds is 6. The largest absolute Gasteiger partial charge is 0.389 e. The number of H-pyrrole nitrogens is 1. The molecule has 2 aromatic rings. The Balaban J connectivity index is 1.69. The number of aromatic nitrogens is 3. The smallest absolute Gasteiger partial charge is 0.345 e. The molecule has 3 atom stereocenters. The van der Waals surface area contributed by atoms with Crippen molar-refractivity contribution in [2.24, 2.45) is 11.8 Å². The molecular formula is C17H23F3N6O2S. The minimum Gasteiger partial charge on any atom is -0.345 e. The average molecular weight is 432 g/mol. The van der Waals surface area contributed by atoms with Gasteiger partial charge in [0.2, 0.25) is 10.0 Å². The van der Waals surface area contributed by atoms with Crippen LogP contribution in [0.5, 0.6) is 0 Å². The molecule has 0 saturated heterocycles. The van der Waals surface area contributed by atoms with Gasteiger partial charge >= 0.3 is 6.18 Å². The van der Waals surface area contributed by atoms with E-state index in [0.29, 0.717) is 24.0 Å². The maximum Gasteiger partial charge on any atom is 0.389 e. The van der Waals surface area contributed by atoms with Gasteiger partial charge in [0.05, 0.1) is 17.5 Å². The zero-order chi connectivity index (χ0) is 21.4. The first-order chi connectivity index (χ1) is 13.5. The van der Waals surface area contributed by atoms with E-state index in [1.54, 1.807) is 12.3 Å². The van der Waals surface area contributed by atoms with Gasteiger partial charge in [0.1, 0.15) is 11.3 Å². The van der Waals surface area contributed by atoms with Crippen molar-refractivity contribution in [1.82, 2.24) is 19.3 Å². The molecule has 0 amide bonds. The second-order valence-corrected chi connectivity index (χ2v) is 9.36. The maximum atomic E-state index is 12.2. The predicted molar refractivity (Wildman–Crippen MR) is 101 cm³/mol. The van der Waals surface area contributed by atoms with Crippen LogP contribution in [-0.2, 0) is 10.0 Å². The van der Waals surface area contributed by atoms with Crippen molar-refractivity contribution in [3.8, 4) is 0 Å². The van der Waals surface area contributed by atoms with E-state index < -0.39 is 40.8 Å². The molecule has 8 nitrogen and oxygen atoms in total. The summed E-state index contributed by atoms with van der Waals surface area (Å²) >= 11 is 0. The van der Waals surface area contributed by atoms with Gasteiger partial charge < -0.3 is 4.98 Å². The van der Waals surface area contributed by atoms with Gasteiger partial charge in [-0.25, -0.2) is 18.1 Å². The number of fused-ring (bicyclic) bond motifs is 1. The van der Waals surface area contributed by atoms with E-state index in [-0.39, 0.29) is 23.2 Å². The van der Waals surface area contributed by atoms with E-state index in [1.165, 1.54) is 10.8 Å². The molecule has 1 aliphatic carbocycles. The van der Waals surface area contributed by atoms with Gasteiger partial charge in [0.15, 0.2) is 5.65 Å². The SMILES string of the molecule is C[C@@H]1C[C@H](NS(=O)(=O)CCCC(F)(F)F)C[C@@H]1C(=N)n1c(=N)cnc2[nH]ccc21. The first-order valence-electron chi connectivity index (χ1n) is 9.22. The second-order valence-electron chi connectivity index (χ2n) is 7.48. The quantitative estimate of drug-likeness (QED) is 0.413. The summed E-state index contributed by atoms with van der Waals surface area (Å²) in [4.78, 5) is 7.04. The highest BCUT2D eigenvalue weighted by Gasteiger charge is 2.37. The number of hydrogen-bond donors (Lipinski definition) is 4. The van der Waals surface area contributed by atoms with Crippen LogP contribution in [0.25, 0.3) is 11.2 Å². The monoisotopic (exact) mass is 432 g/mol. The normalized spacial score (nSPS) is 23.0. The van der Waals surface area contributed by atoms with E-state index in [2.05, 4.69) is 14.7 Å². The minimum atomic E-state index is -4.38. The Morgan fingerprint density at radius 2 is 2.14 bits per heavy atom. The van der Waals surface area contributed by atoms with E-state index in [9.17, 15) is 21.6 Å². The highest BCUT2D eigenvalue weighted by Crippen LogP contribution is 2.33. The van der Waals surface area contributed by atoms with Crippen LogP contribution in [-0.4, -0.2) is 46.8 Å². The van der Waals surface area contributed by atoms with Gasteiger partial charge in [0, 0.05) is 24.6 Å². The van der Waals surface area contributed by atoms with Crippen molar-refractivity contribution in [2.75, 3.05) is 5.75 Å². The Kier molecular flexibility index (Phi) is 5.86. The third-order valence-electron chi connectivity index (χ3n) is 5.19. The number of aromatic amines is 1.